The van der Waals surface area contributed by atoms with Crippen molar-refractivity contribution in [1.82, 2.24) is 20.3 Å². The Bertz CT molecular complexity index is 1110. The lowest BCUT2D eigenvalue weighted by molar-refractivity contribution is -0.139. The number of fused-ring (bicyclic) bond motifs is 1. The van der Waals surface area contributed by atoms with Gasteiger partial charge in [-0.2, -0.15) is 0 Å². The summed E-state index contributed by atoms with van der Waals surface area (Å²) in [5.74, 6) is -0.349. The predicted octanol–water partition coefficient (Wildman–Crippen LogP) is 3.36. The zero-order valence-corrected chi connectivity index (χ0v) is 16.4. The van der Waals surface area contributed by atoms with Crippen molar-refractivity contribution in [2.45, 2.75) is 25.6 Å². The van der Waals surface area contributed by atoms with Crippen LogP contribution in [0.4, 0.5) is 5.95 Å². The van der Waals surface area contributed by atoms with Gasteiger partial charge in [0, 0.05) is 54.6 Å². The Balaban J connectivity index is 1.34. The molecule has 2 heterocycles. The molecule has 4 N–H and O–H groups in total. The summed E-state index contributed by atoms with van der Waals surface area (Å²) in [7, 11) is 0. The molecule has 0 unspecified atom stereocenters. The van der Waals surface area contributed by atoms with Crippen molar-refractivity contribution in [2.24, 2.45) is 0 Å². The van der Waals surface area contributed by atoms with Crippen LogP contribution in [0.3, 0.4) is 0 Å². The Labute approximate surface area is 174 Å². The standard InChI is InChI=1S/C23H23N5O2/c29-22(30)21(10-18-15-25-20-9-5-4-8-19(18)20)24-12-17-13-27-23(28-14-17)26-11-16-6-2-1-3-7-16/h1-9,13-15,21,24-25H,10-12H2,(H,29,30)(H,26,27,28)/t21-/m1/s1. The monoisotopic (exact) mass is 401 g/mol. The number of nitrogens with one attached hydrogen (secondary N) is 3. The van der Waals surface area contributed by atoms with Gasteiger partial charge in [-0.1, -0.05) is 48.5 Å². The van der Waals surface area contributed by atoms with E-state index in [4.69, 9.17) is 0 Å². The number of H-pyrrole nitrogens is 1. The zero-order valence-electron chi connectivity index (χ0n) is 16.4. The van der Waals surface area contributed by atoms with Gasteiger partial charge in [-0.15, -0.1) is 0 Å². The average Bonchev–Trinajstić information content (AvgIpc) is 3.19. The third-order valence-electron chi connectivity index (χ3n) is 4.95. The number of nitrogens with zero attached hydrogens (tertiary/aromatic N) is 2. The molecule has 4 rings (SSSR count). The van der Waals surface area contributed by atoms with Gasteiger partial charge in [-0.3, -0.25) is 10.1 Å². The number of carbonyl (C=O) groups is 1. The minimum atomic E-state index is -0.887. The Morgan fingerprint density at radius 2 is 1.70 bits per heavy atom. The van der Waals surface area contributed by atoms with Crippen LogP contribution in [0.2, 0.25) is 0 Å². The number of carboxylic acid groups (broad SMARTS) is 1. The maximum atomic E-state index is 11.7. The number of rotatable bonds is 9. The molecule has 0 aliphatic heterocycles. The highest BCUT2D eigenvalue weighted by Crippen LogP contribution is 2.19. The van der Waals surface area contributed by atoms with E-state index < -0.39 is 12.0 Å². The summed E-state index contributed by atoms with van der Waals surface area (Å²) in [6, 6.07) is 17.2. The number of hydrogen-bond acceptors (Lipinski definition) is 5. The first-order valence-electron chi connectivity index (χ1n) is 9.79. The number of para-hydroxylation sites is 1. The molecule has 7 nitrogen and oxygen atoms in total. The number of anilines is 1. The summed E-state index contributed by atoms with van der Waals surface area (Å²) in [6.07, 6.45) is 5.67. The summed E-state index contributed by atoms with van der Waals surface area (Å²) >= 11 is 0. The summed E-state index contributed by atoms with van der Waals surface area (Å²) < 4.78 is 0. The Hall–Kier alpha value is -3.71. The van der Waals surface area contributed by atoms with Crippen molar-refractivity contribution in [3.63, 3.8) is 0 Å². The molecule has 0 fully saturated rings. The van der Waals surface area contributed by atoms with E-state index in [9.17, 15) is 9.90 Å². The summed E-state index contributed by atoms with van der Waals surface area (Å²) in [5.41, 5.74) is 3.95. The molecule has 0 amide bonds. The molecular weight excluding hydrogens is 378 g/mol. The quantitative estimate of drug-likeness (QED) is 0.343. The van der Waals surface area contributed by atoms with Crippen LogP contribution in [0.25, 0.3) is 10.9 Å². The molecule has 2 aromatic heterocycles. The van der Waals surface area contributed by atoms with E-state index in [2.05, 4.69) is 25.6 Å². The van der Waals surface area contributed by atoms with Crippen molar-refractivity contribution in [2.75, 3.05) is 5.32 Å². The average molecular weight is 401 g/mol. The van der Waals surface area contributed by atoms with Gasteiger partial charge in [-0.05, 0) is 17.2 Å². The first-order chi connectivity index (χ1) is 14.7. The van der Waals surface area contributed by atoms with Crippen molar-refractivity contribution in [3.8, 4) is 0 Å². The molecule has 0 spiro atoms. The molecule has 2 aromatic carbocycles. The molecule has 30 heavy (non-hydrogen) atoms. The summed E-state index contributed by atoms with van der Waals surface area (Å²) in [6.45, 7) is 1.02. The molecule has 0 radical (unpaired) electrons. The number of aliphatic carboxylic acids is 1. The molecule has 152 valence electrons. The van der Waals surface area contributed by atoms with Gasteiger partial charge in [0.25, 0.3) is 0 Å². The maximum Gasteiger partial charge on any atom is 0.321 e. The van der Waals surface area contributed by atoms with Crippen LogP contribution < -0.4 is 10.6 Å². The number of carboxylic acids is 1. The van der Waals surface area contributed by atoms with Crippen molar-refractivity contribution in [3.05, 3.63) is 89.9 Å². The van der Waals surface area contributed by atoms with Crippen LogP contribution in [-0.2, 0) is 24.3 Å². The summed E-state index contributed by atoms with van der Waals surface area (Å²) in [5, 5.41) is 17.0. The van der Waals surface area contributed by atoms with Gasteiger partial charge < -0.3 is 15.4 Å². The smallest absolute Gasteiger partial charge is 0.321 e. The topological polar surface area (TPSA) is 103 Å². The van der Waals surface area contributed by atoms with Gasteiger partial charge in [0.2, 0.25) is 5.95 Å². The van der Waals surface area contributed by atoms with Crippen LogP contribution in [0.1, 0.15) is 16.7 Å². The van der Waals surface area contributed by atoms with E-state index >= 15 is 0 Å². The van der Waals surface area contributed by atoms with Crippen molar-refractivity contribution < 1.29 is 9.90 Å². The molecule has 0 saturated carbocycles. The van der Waals surface area contributed by atoms with Crippen LogP contribution in [0, 0.1) is 0 Å². The fourth-order valence-electron chi connectivity index (χ4n) is 3.32. The van der Waals surface area contributed by atoms with E-state index in [0.29, 0.717) is 25.5 Å². The van der Waals surface area contributed by atoms with E-state index in [1.165, 1.54) is 0 Å². The SMILES string of the molecule is O=C(O)[C@@H](Cc1c[nH]c2ccccc12)NCc1cnc(NCc2ccccc2)nc1. The van der Waals surface area contributed by atoms with Crippen LogP contribution in [0.5, 0.6) is 0 Å². The molecule has 0 bridgehead atoms. The van der Waals surface area contributed by atoms with Gasteiger partial charge in [0.1, 0.15) is 6.04 Å². The lowest BCUT2D eigenvalue weighted by Crippen LogP contribution is -2.38. The molecule has 0 aliphatic carbocycles. The second-order valence-corrected chi connectivity index (χ2v) is 7.09. The highest BCUT2D eigenvalue weighted by Gasteiger charge is 2.19. The molecule has 0 saturated heterocycles. The highest BCUT2D eigenvalue weighted by atomic mass is 16.4. The third-order valence-corrected chi connectivity index (χ3v) is 4.95. The van der Waals surface area contributed by atoms with Crippen LogP contribution in [-0.4, -0.2) is 32.1 Å². The normalized spacial score (nSPS) is 12.0. The number of aromatic nitrogens is 3. The summed E-state index contributed by atoms with van der Waals surface area (Å²) in [4.78, 5) is 23.6. The van der Waals surface area contributed by atoms with Crippen molar-refractivity contribution >= 4 is 22.8 Å². The first-order valence-corrected chi connectivity index (χ1v) is 9.79. The minimum Gasteiger partial charge on any atom is -0.480 e. The van der Waals surface area contributed by atoms with E-state index in [-0.39, 0.29) is 0 Å². The third kappa shape index (κ3) is 4.82. The molecule has 0 aliphatic rings. The van der Waals surface area contributed by atoms with Crippen LogP contribution in [0.15, 0.2) is 73.2 Å². The van der Waals surface area contributed by atoms with Gasteiger partial charge in [0.05, 0.1) is 0 Å². The predicted molar refractivity (Wildman–Crippen MR) is 116 cm³/mol. The molecule has 1 atom stereocenters. The molecular formula is C23H23N5O2. The van der Waals surface area contributed by atoms with E-state index in [1.807, 2.05) is 60.8 Å². The van der Waals surface area contributed by atoms with E-state index in [1.54, 1.807) is 12.4 Å². The zero-order chi connectivity index (χ0) is 20.8. The van der Waals surface area contributed by atoms with Gasteiger partial charge in [-0.25, -0.2) is 9.97 Å². The second-order valence-electron chi connectivity index (χ2n) is 7.09. The lowest BCUT2D eigenvalue weighted by Gasteiger charge is -2.14. The Kier molecular flexibility index (Phi) is 6.01. The van der Waals surface area contributed by atoms with Gasteiger partial charge >= 0.3 is 5.97 Å². The lowest BCUT2D eigenvalue weighted by atomic mass is 10.0. The van der Waals surface area contributed by atoms with E-state index in [0.717, 1.165) is 27.6 Å². The number of hydrogen-bond donors (Lipinski definition) is 4. The largest absolute Gasteiger partial charge is 0.480 e. The Morgan fingerprint density at radius 1 is 0.967 bits per heavy atom. The van der Waals surface area contributed by atoms with Crippen LogP contribution >= 0.6 is 0 Å². The Morgan fingerprint density at radius 3 is 2.47 bits per heavy atom. The number of aromatic amines is 1. The fourth-order valence-corrected chi connectivity index (χ4v) is 3.32. The highest BCUT2D eigenvalue weighted by molar-refractivity contribution is 5.84. The fraction of sp³-hybridized carbons (Fsp3) is 0.174. The maximum absolute atomic E-state index is 11.7. The first kappa shape index (κ1) is 19.6. The number of benzene rings is 2. The van der Waals surface area contributed by atoms with Crippen molar-refractivity contribution in [1.29, 1.82) is 0 Å². The minimum absolute atomic E-state index is 0.373. The second kappa shape index (κ2) is 9.19. The molecule has 4 aromatic rings. The molecule has 7 heteroatoms. The van der Waals surface area contributed by atoms with Gasteiger partial charge in [0.15, 0.2) is 0 Å².